The molecular formula is C18H12Cl2F3NO. The molecule has 0 aliphatic carbocycles. The van der Waals surface area contributed by atoms with Gasteiger partial charge in [-0.25, -0.2) is 0 Å². The summed E-state index contributed by atoms with van der Waals surface area (Å²) in [5, 5.41) is 8.95. The van der Waals surface area contributed by atoms with Crippen LogP contribution >= 0.6 is 23.2 Å². The minimum Gasteiger partial charge on any atom is -0.298 e. The Morgan fingerprint density at radius 3 is 2.24 bits per heavy atom. The number of ketones is 1. The van der Waals surface area contributed by atoms with E-state index in [4.69, 9.17) is 28.5 Å². The Labute approximate surface area is 152 Å². The summed E-state index contributed by atoms with van der Waals surface area (Å²) in [4.78, 5) is 12.4. The van der Waals surface area contributed by atoms with Crippen molar-refractivity contribution in [3.8, 4) is 6.07 Å². The lowest BCUT2D eigenvalue weighted by atomic mass is 9.90. The minimum absolute atomic E-state index is 0.0266. The number of nitrogens with zero attached hydrogens (tertiary/aromatic N) is 1. The molecule has 0 amide bonds. The molecule has 1 atom stereocenters. The van der Waals surface area contributed by atoms with E-state index in [-0.39, 0.29) is 15.6 Å². The van der Waals surface area contributed by atoms with E-state index in [1.165, 1.54) is 24.3 Å². The highest BCUT2D eigenvalue weighted by molar-refractivity contribution is 6.34. The molecule has 0 aliphatic heterocycles. The first-order valence-electron chi connectivity index (χ1n) is 7.17. The Morgan fingerprint density at radius 2 is 1.76 bits per heavy atom. The zero-order valence-corrected chi connectivity index (χ0v) is 14.5. The van der Waals surface area contributed by atoms with Gasteiger partial charge < -0.3 is 0 Å². The third kappa shape index (κ3) is 4.75. The molecule has 0 bridgehead atoms. The third-order valence-electron chi connectivity index (χ3n) is 3.66. The van der Waals surface area contributed by atoms with Gasteiger partial charge in [0.05, 0.1) is 11.6 Å². The molecule has 0 fully saturated rings. The first kappa shape index (κ1) is 19.3. The highest BCUT2D eigenvalue weighted by Gasteiger charge is 2.45. The summed E-state index contributed by atoms with van der Waals surface area (Å²) in [6.45, 7) is 1.66. The molecule has 7 heteroatoms. The topological polar surface area (TPSA) is 40.9 Å². The predicted octanol–water partition coefficient (Wildman–Crippen LogP) is 5.63. The molecule has 0 heterocycles. The van der Waals surface area contributed by atoms with Gasteiger partial charge in [-0.15, -0.1) is 0 Å². The average Bonchev–Trinajstić information content (AvgIpc) is 2.44. The number of Topliss-reactive ketones (excluding diaryl/α,β-unsaturated/α-hetero) is 1. The van der Waals surface area contributed by atoms with Crippen LogP contribution in [0.4, 0.5) is 13.2 Å². The fourth-order valence-corrected chi connectivity index (χ4v) is 3.11. The Morgan fingerprint density at radius 1 is 1.16 bits per heavy atom. The van der Waals surface area contributed by atoms with Crippen molar-refractivity contribution in [1.82, 2.24) is 0 Å². The summed E-state index contributed by atoms with van der Waals surface area (Å²) in [6.07, 6.45) is -5.19. The van der Waals surface area contributed by atoms with Crippen molar-refractivity contribution in [2.75, 3.05) is 0 Å². The quantitative estimate of drug-likeness (QED) is 0.683. The zero-order valence-electron chi connectivity index (χ0n) is 13.0. The highest BCUT2D eigenvalue weighted by Crippen LogP contribution is 2.38. The molecule has 0 aromatic heterocycles. The summed E-state index contributed by atoms with van der Waals surface area (Å²) in [5.74, 6) is -3.34. The summed E-state index contributed by atoms with van der Waals surface area (Å²) in [6, 6.07) is 9.94. The predicted molar refractivity (Wildman–Crippen MR) is 89.9 cm³/mol. The van der Waals surface area contributed by atoms with Crippen LogP contribution in [0.1, 0.15) is 28.2 Å². The van der Waals surface area contributed by atoms with E-state index in [2.05, 4.69) is 0 Å². The van der Waals surface area contributed by atoms with Crippen molar-refractivity contribution in [3.63, 3.8) is 0 Å². The lowest BCUT2D eigenvalue weighted by molar-refractivity contribution is -0.163. The van der Waals surface area contributed by atoms with Gasteiger partial charge in [0.25, 0.3) is 0 Å². The number of aryl methyl sites for hydroxylation is 1. The summed E-state index contributed by atoms with van der Waals surface area (Å²) >= 11 is 11.5. The molecule has 0 saturated heterocycles. The van der Waals surface area contributed by atoms with Crippen LogP contribution in [0.3, 0.4) is 0 Å². The van der Waals surface area contributed by atoms with Crippen molar-refractivity contribution >= 4 is 29.0 Å². The molecular weight excluding hydrogens is 374 g/mol. The van der Waals surface area contributed by atoms with Gasteiger partial charge in [0, 0.05) is 16.5 Å². The molecule has 0 saturated carbocycles. The van der Waals surface area contributed by atoms with Crippen molar-refractivity contribution in [2.45, 2.75) is 25.4 Å². The Balaban J connectivity index is 2.37. The van der Waals surface area contributed by atoms with E-state index in [1.54, 1.807) is 6.92 Å². The molecule has 0 aliphatic rings. The van der Waals surface area contributed by atoms with Crippen molar-refractivity contribution in [1.29, 1.82) is 5.26 Å². The number of carbonyl (C=O) groups excluding carboxylic acids is 1. The Hall–Kier alpha value is -2.03. The van der Waals surface area contributed by atoms with Gasteiger partial charge in [0.15, 0.2) is 5.78 Å². The largest absolute Gasteiger partial charge is 0.402 e. The second-order valence-electron chi connectivity index (χ2n) is 5.58. The standard InChI is InChI=1S/C18H12Cl2F3NO/c1-10-4-11(2-3-12(10)9-24)5-16(25)17(18(21,22)23)13-6-14(19)8-15(20)7-13/h2-4,6-8,17H,5H2,1H3. The number of alkyl halides is 3. The van der Waals surface area contributed by atoms with Gasteiger partial charge in [-0.1, -0.05) is 35.3 Å². The Bertz CT molecular complexity index is 836. The molecule has 0 N–H and O–H groups in total. The fourth-order valence-electron chi connectivity index (χ4n) is 2.56. The number of halogens is 5. The minimum atomic E-state index is -4.77. The van der Waals surface area contributed by atoms with Crippen LogP contribution in [0, 0.1) is 18.3 Å². The number of rotatable bonds is 4. The van der Waals surface area contributed by atoms with Gasteiger partial charge in [0.1, 0.15) is 5.92 Å². The monoisotopic (exact) mass is 385 g/mol. The number of hydrogen-bond donors (Lipinski definition) is 0. The molecule has 25 heavy (non-hydrogen) atoms. The summed E-state index contributed by atoms with van der Waals surface area (Å²) in [5.41, 5.74) is 1.12. The number of carbonyl (C=O) groups is 1. The van der Waals surface area contributed by atoms with Gasteiger partial charge in [-0.2, -0.15) is 18.4 Å². The van der Waals surface area contributed by atoms with Crippen molar-refractivity contribution in [3.05, 3.63) is 68.7 Å². The molecule has 2 aromatic rings. The molecule has 2 aromatic carbocycles. The van der Waals surface area contributed by atoms with Crippen LogP contribution in [0.15, 0.2) is 36.4 Å². The van der Waals surface area contributed by atoms with Gasteiger partial charge in [-0.3, -0.25) is 4.79 Å². The number of nitriles is 1. The van der Waals surface area contributed by atoms with Gasteiger partial charge >= 0.3 is 6.18 Å². The first-order chi connectivity index (χ1) is 11.6. The Kier molecular flexibility index (Phi) is 5.76. The summed E-state index contributed by atoms with van der Waals surface area (Å²) < 4.78 is 40.4. The van der Waals surface area contributed by atoms with E-state index in [0.29, 0.717) is 16.7 Å². The molecule has 130 valence electrons. The van der Waals surface area contributed by atoms with E-state index in [9.17, 15) is 18.0 Å². The van der Waals surface area contributed by atoms with Gasteiger partial charge in [-0.05, 0) is 47.9 Å². The molecule has 1 unspecified atom stereocenters. The van der Waals surface area contributed by atoms with E-state index in [1.807, 2.05) is 6.07 Å². The van der Waals surface area contributed by atoms with Crippen molar-refractivity contribution < 1.29 is 18.0 Å². The van der Waals surface area contributed by atoms with Crippen LogP contribution in [0.5, 0.6) is 0 Å². The van der Waals surface area contributed by atoms with Crippen LogP contribution in [-0.4, -0.2) is 12.0 Å². The van der Waals surface area contributed by atoms with Gasteiger partial charge in [0.2, 0.25) is 0 Å². The van der Waals surface area contributed by atoms with Crippen LogP contribution in [0.2, 0.25) is 10.0 Å². The second-order valence-corrected chi connectivity index (χ2v) is 6.45. The van der Waals surface area contributed by atoms with E-state index in [0.717, 1.165) is 12.1 Å². The normalized spacial score (nSPS) is 12.5. The van der Waals surface area contributed by atoms with Crippen LogP contribution in [-0.2, 0) is 11.2 Å². The first-order valence-corrected chi connectivity index (χ1v) is 7.92. The maximum atomic E-state index is 13.5. The fraction of sp³-hybridized carbons (Fsp3) is 0.222. The molecule has 2 nitrogen and oxygen atoms in total. The molecule has 0 radical (unpaired) electrons. The number of hydrogen-bond acceptors (Lipinski definition) is 2. The molecule has 2 rings (SSSR count). The van der Waals surface area contributed by atoms with Crippen LogP contribution < -0.4 is 0 Å². The number of benzene rings is 2. The lowest BCUT2D eigenvalue weighted by Gasteiger charge is -2.20. The van der Waals surface area contributed by atoms with Crippen LogP contribution in [0.25, 0.3) is 0 Å². The third-order valence-corrected chi connectivity index (χ3v) is 4.09. The van der Waals surface area contributed by atoms with E-state index < -0.39 is 24.3 Å². The highest BCUT2D eigenvalue weighted by atomic mass is 35.5. The maximum absolute atomic E-state index is 13.5. The SMILES string of the molecule is Cc1cc(CC(=O)C(c2cc(Cl)cc(Cl)c2)C(F)(F)F)ccc1C#N. The maximum Gasteiger partial charge on any atom is 0.402 e. The lowest BCUT2D eigenvalue weighted by Crippen LogP contribution is -2.29. The average molecular weight is 386 g/mol. The second kappa shape index (κ2) is 7.47. The smallest absolute Gasteiger partial charge is 0.298 e. The molecule has 0 spiro atoms. The summed E-state index contributed by atoms with van der Waals surface area (Å²) in [7, 11) is 0. The van der Waals surface area contributed by atoms with Crippen molar-refractivity contribution in [2.24, 2.45) is 0 Å². The van der Waals surface area contributed by atoms with E-state index >= 15 is 0 Å². The zero-order chi connectivity index (χ0) is 18.8.